The van der Waals surface area contributed by atoms with Gasteiger partial charge in [-0.3, -0.25) is 25.2 Å². The molecule has 0 aromatic carbocycles. The van der Waals surface area contributed by atoms with Crippen LogP contribution in [0.15, 0.2) is 30.7 Å². The number of pyridine rings is 1. The predicted octanol–water partition coefficient (Wildman–Crippen LogP) is 1.70. The molecule has 0 saturated heterocycles. The second-order valence-corrected chi connectivity index (χ2v) is 3.96. The van der Waals surface area contributed by atoms with Crippen LogP contribution in [0.3, 0.4) is 0 Å². The molecule has 2 aromatic rings. The average molecular weight is 250 g/mol. The first-order chi connectivity index (χ1) is 8.16. The van der Waals surface area contributed by atoms with Crippen molar-refractivity contribution in [3.8, 4) is 0 Å². The van der Waals surface area contributed by atoms with E-state index in [9.17, 15) is 14.9 Å². The van der Waals surface area contributed by atoms with Crippen LogP contribution in [0.2, 0.25) is 0 Å². The molecule has 0 radical (unpaired) electrons. The summed E-state index contributed by atoms with van der Waals surface area (Å²) >= 11 is 0.806. The van der Waals surface area contributed by atoms with Crippen molar-refractivity contribution in [1.82, 2.24) is 9.97 Å². The lowest BCUT2D eigenvalue weighted by atomic mass is 10.2. The van der Waals surface area contributed by atoms with E-state index in [-0.39, 0.29) is 16.0 Å². The highest BCUT2D eigenvalue weighted by Gasteiger charge is 2.13. The van der Waals surface area contributed by atoms with E-state index in [1.165, 1.54) is 24.5 Å². The lowest BCUT2D eigenvalue weighted by Gasteiger charge is -1.99. The second-order valence-electron chi connectivity index (χ2n) is 2.95. The molecule has 17 heavy (non-hydrogen) atoms. The number of nitro groups is 1. The Kier molecular flexibility index (Phi) is 3.06. The van der Waals surface area contributed by atoms with Crippen molar-refractivity contribution in [3.63, 3.8) is 0 Å². The first-order valence-electron chi connectivity index (χ1n) is 4.48. The van der Waals surface area contributed by atoms with Gasteiger partial charge in [0.05, 0.1) is 4.92 Å². The lowest BCUT2D eigenvalue weighted by molar-refractivity contribution is -0.380. The van der Waals surface area contributed by atoms with Gasteiger partial charge in [0.25, 0.3) is 5.91 Å². The third-order valence-corrected chi connectivity index (χ3v) is 2.70. The Balaban J connectivity index is 2.11. The van der Waals surface area contributed by atoms with E-state index >= 15 is 0 Å². The molecule has 0 aliphatic rings. The summed E-state index contributed by atoms with van der Waals surface area (Å²) in [5, 5.41) is 13.0. The predicted molar refractivity (Wildman–Crippen MR) is 61.0 cm³/mol. The molecule has 0 aliphatic heterocycles. The van der Waals surface area contributed by atoms with Crippen molar-refractivity contribution in [2.45, 2.75) is 0 Å². The van der Waals surface area contributed by atoms with Gasteiger partial charge in [0.15, 0.2) is 5.13 Å². The molecular weight excluding hydrogens is 244 g/mol. The molecule has 0 spiro atoms. The van der Waals surface area contributed by atoms with Gasteiger partial charge >= 0.3 is 5.00 Å². The minimum absolute atomic E-state index is 0.116. The molecule has 0 aliphatic carbocycles. The third kappa shape index (κ3) is 2.61. The molecule has 1 amide bonds. The molecule has 7 nitrogen and oxygen atoms in total. The van der Waals surface area contributed by atoms with E-state index in [1.54, 1.807) is 0 Å². The Hall–Kier alpha value is -2.35. The average Bonchev–Trinajstić information content (AvgIpc) is 2.79. The molecule has 1 N–H and O–H groups in total. The maximum atomic E-state index is 11.7. The Morgan fingerprint density at radius 3 is 2.71 bits per heavy atom. The molecule has 0 bridgehead atoms. The van der Waals surface area contributed by atoms with Crippen LogP contribution in [0.4, 0.5) is 10.1 Å². The summed E-state index contributed by atoms with van der Waals surface area (Å²) in [5.41, 5.74) is 0.415. The van der Waals surface area contributed by atoms with Gasteiger partial charge in [0.1, 0.15) is 6.20 Å². The molecule has 0 atom stereocenters. The number of hydrogen-bond donors (Lipinski definition) is 1. The molecule has 2 aromatic heterocycles. The van der Waals surface area contributed by atoms with Crippen LogP contribution in [-0.2, 0) is 0 Å². The second kappa shape index (κ2) is 4.66. The Morgan fingerprint density at radius 2 is 2.12 bits per heavy atom. The van der Waals surface area contributed by atoms with E-state index in [1.807, 2.05) is 0 Å². The zero-order valence-corrected chi connectivity index (χ0v) is 9.18. The Bertz CT molecular complexity index is 554. The highest BCUT2D eigenvalue weighted by atomic mass is 32.1. The Labute approximate surface area is 99.3 Å². The highest BCUT2D eigenvalue weighted by molar-refractivity contribution is 7.18. The number of hydrogen-bond acceptors (Lipinski definition) is 6. The monoisotopic (exact) mass is 250 g/mol. The highest BCUT2D eigenvalue weighted by Crippen LogP contribution is 2.25. The number of nitrogens with zero attached hydrogens (tertiary/aromatic N) is 3. The van der Waals surface area contributed by atoms with Crippen LogP contribution in [0.25, 0.3) is 0 Å². The topological polar surface area (TPSA) is 98.0 Å². The van der Waals surface area contributed by atoms with E-state index < -0.39 is 4.92 Å². The maximum absolute atomic E-state index is 11.7. The summed E-state index contributed by atoms with van der Waals surface area (Å²) < 4.78 is 0. The lowest BCUT2D eigenvalue weighted by Crippen LogP contribution is -2.11. The zero-order chi connectivity index (χ0) is 12.3. The van der Waals surface area contributed by atoms with Crippen LogP contribution >= 0.6 is 11.3 Å². The van der Waals surface area contributed by atoms with Gasteiger partial charge < -0.3 is 0 Å². The molecule has 86 valence electrons. The van der Waals surface area contributed by atoms with Crippen LogP contribution in [-0.4, -0.2) is 20.8 Å². The number of aromatic nitrogens is 2. The van der Waals surface area contributed by atoms with Crippen LogP contribution in [0.5, 0.6) is 0 Å². The van der Waals surface area contributed by atoms with Gasteiger partial charge in [0, 0.05) is 18.0 Å². The number of amides is 1. The fourth-order valence-corrected chi connectivity index (χ4v) is 1.71. The van der Waals surface area contributed by atoms with Crippen molar-refractivity contribution in [3.05, 3.63) is 46.4 Å². The molecule has 2 heterocycles. The SMILES string of the molecule is O=C(Nc1ncc([N+](=O)[O-])s1)c1ccncc1. The molecule has 0 saturated carbocycles. The molecule has 0 unspecified atom stereocenters. The van der Waals surface area contributed by atoms with Gasteiger partial charge in [-0.15, -0.1) is 0 Å². The Morgan fingerprint density at radius 1 is 1.41 bits per heavy atom. The first kappa shape index (κ1) is 11.1. The minimum atomic E-state index is -0.556. The molecule has 0 fully saturated rings. The first-order valence-corrected chi connectivity index (χ1v) is 5.30. The summed E-state index contributed by atoms with van der Waals surface area (Å²) in [6.45, 7) is 0. The van der Waals surface area contributed by atoms with Gasteiger partial charge in [-0.05, 0) is 23.5 Å². The number of nitrogens with one attached hydrogen (secondary N) is 1. The summed E-state index contributed by atoms with van der Waals surface area (Å²) in [4.78, 5) is 29.0. The minimum Gasteiger partial charge on any atom is -0.298 e. The van der Waals surface area contributed by atoms with Gasteiger partial charge in [-0.1, -0.05) is 0 Å². The van der Waals surface area contributed by atoms with Crippen molar-refractivity contribution < 1.29 is 9.72 Å². The number of rotatable bonds is 3. The quantitative estimate of drug-likeness (QED) is 0.660. The van der Waals surface area contributed by atoms with Crippen LogP contribution in [0.1, 0.15) is 10.4 Å². The zero-order valence-electron chi connectivity index (χ0n) is 8.36. The standard InChI is InChI=1S/C9H6N4O3S/c14-8(6-1-3-10-4-2-6)12-9-11-5-7(17-9)13(15)16/h1-5H,(H,11,12,14). The van der Waals surface area contributed by atoms with Crippen molar-refractivity contribution in [2.24, 2.45) is 0 Å². The summed E-state index contributed by atoms with van der Waals surface area (Å²) in [7, 11) is 0. The van der Waals surface area contributed by atoms with E-state index in [0.717, 1.165) is 17.5 Å². The smallest absolute Gasteiger partial charge is 0.298 e. The fraction of sp³-hybridized carbons (Fsp3) is 0. The van der Waals surface area contributed by atoms with Crippen molar-refractivity contribution >= 4 is 27.4 Å². The maximum Gasteiger partial charge on any atom is 0.345 e. The van der Waals surface area contributed by atoms with Crippen LogP contribution in [0, 0.1) is 10.1 Å². The van der Waals surface area contributed by atoms with Gasteiger partial charge in [0.2, 0.25) is 0 Å². The third-order valence-electron chi connectivity index (χ3n) is 1.84. The van der Waals surface area contributed by atoms with Gasteiger partial charge in [-0.25, -0.2) is 4.98 Å². The van der Waals surface area contributed by atoms with Crippen LogP contribution < -0.4 is 5.32 Å². The van der Waals surface area contributed by atoms with Crippen molar-refractivity contribution in [2.75, 3.05) is 5.32 Å². The molecule has 2 rings (SSSR count). The summed E-state index contributed by atoms with van der Waals surface area (Å²) in [5.74, 6) is -0.378. The van der Waals surface area contributed by atoms with Crippen molar-refractivity contribution in [1.29, 1.82) is 0 Å². The summed E-state index contributed by atoms with van der Waals surface area (Å²) in [6, 6.07) is 3.08. The van der Waals surface area contributed by atoms with Gasteiger partial charge in [-0.2, -0.15) is 0 Å². The summed E-state index contributed by atoms with van der Waals surface area (Å²) in [6.07, 6.45) is 4.07. The fourth-order valence-electron chi connectivity index (χ4n) is 1.08. The number of thiazole rings is 1. The van der Waals surface area contributed by atoms with E-state index in [4.69, 9.17) is 0 Å². The van der Waals surface area contributed by atoms with E-state index in [0.29, 0.717) is 5.56 Å². The number of carbonyl (C=O) groups excluding carboxylic acids is 1. The molecule has 8 heteroatoms. The normalized spacial score (nSPS) is 9.88. The van der Waals surface area contributed by atoms with E-state index in [2.05, 4.69) is 15.3 Å². The molecular formula is C9H6N4O3S. The number of anilines is 1. The largest absolute Gasteiger partial charge is 0.345 e. The number of carbonyl (C=O) groups is 1.